The van der Waals surface area contributed by atoms with Gasteiger partial charge in [-0.15, -0.1) is 0 Å². The number of nitrogens with one attached hydrogen (secondary N) is 1. The Bertz CT molecular complexity index is 565. The van der Waals surface area contributed by atoms with Crippen LogP contribution in [-0.4, -0.2) is 11.5 Å². The van der Waals surface area contributed by atoms with Gasteiger partial charge in [0.25, 0.3) is 0 Å². The minimum Gasteiger partial charge on any atom is -0.385 e. The summed E-state index contributed by atoms with van der Waals surface area (Å²) in [6, 6.07) is 8.79. The van der Waals surface area contributed by atoms with E-state index in [9.17, 15) is 13.2 Å². The van der Waals surface area contributed by atoms with Gasteiger partial charge < -0.3 is 5.32 Å². The molecule has 0 fully saturated rings. The molecule has 0 atom stereocenters. The van der Waals surface area contributed by atoms with Gasteiger partial charge in [-0.3, -0.25) is 4.98 Å². The maximum Gasteiger partial charge on any atom is 0.417 e. The number of hydrogen-bond acceptors (Lipinski definition) is 2. The van der Waals surface area contributed by atoms with Gasteiger partial charge in [-0.1, -0.05) is 18.2 Å². The number of halogens is 3. The molecule has 0 saturated carbocycles. The standard InChI is InChI=1S/C14H13F3N2/c1-2-18-10-7-8-19-13(9-10)11-5-3-4-6-12(11)14(15,16)17/h3-9H,2H2,1H3,(H,18,19). The van der Waals surface area contributed by atoms with Gasteiger partial charge in [0, 0.05) is 24.0 Å². The summed E-state index contributed by atoms with van der Waals surface area (Å²) in [6.45, 7) is 2.62. The Morgan fingerprint density at radius 1 is 1.16 bits per heavy atom. The molecule has 0 spiro atoms. The normalized spacial score (nSPS) is 11.4. The summed E-state index contributed by atoms with van der Waals surface area (Å²) in [5.41, 5.74) is 0.488. The first kappa shape index (κ1) is 13.4. The first-order chi connectivity index (χ1) is 9.02. The van der Waals surface area contributed by atoms with Crippen LogP contribution in [0.5, 0.6) is 0 Å². The lowest BCUT2D eigenvalue weighted by Gasteiger charge is -2.13. The molecule has 19 heavy (non-hydrogen) atoms. The average Bonchev–Trinajstić information content (AvgIpc) is 2.38. The van der Waals surface area contributed by atoms with E-state index in [1.807, 2.05) is 6.92 Å². The summed E-state index contributed by atoms with van der Waals surface area (Å²) in [6.07, 6.45) is -2.88. The Morgan fingerprint density at radius 2 is 1.89 bits per heavy atom. The summed E-state index contributed by atoms with van der Waals surface area (Å²) in [4.78, 5) is 4.03. The Balaban J connectivity index is 2.50. The molecule has 5 heteroatoms. The van der Waals surface area contributed by atoms with E-state index in [1.54, 1.807) is 18.2 Å². The van der Waals surface area contributed by atoms with Crippen molar-refractivity contribution in [1.82, 2.24) is 4.98 Å². The van der Waals surface area contributed by atoms with Crippen molar-refractivity contribution in [3.8, 4) is 11.3 Å². The van der Waals surface area contributed by atoms with Crippen LogP contribution in [0, 0.1) is 0 Å². The fourth-order valence-electron chi connectivity index (χ4n) is 1.85. The molecule has 0 saturated heterocycles. The minimum atomic E-state index is -4.38. The lowest BCUT2D eigenvalue weighted by atomic mass is 10.0. The molecule has 0 aliphatic rings. The smallest absolute Gasteiger partial charge is 0.385 e. The zero-order valence-corrected chi connectivity index (χ0v) is 10.3. The number of hydrogen-bond donors (Lipinski definition) is 1. The molecule has 2 aromatic rings. The van der Waals surface area contributed by atoms with Crippen LogP contribution in [-0.2, 0) is 6.18 Å². The predicted octanol–water partition coefficient (Wildman–Crippen LogP) is 4.20. The molecule has 1 N–H and O–H groups in total. The predicted molar refractivity (Wildman–Crippen MR) is 68.8 cm³/mol. The van der Waals surface area contributed by atoms with E-state index < -0.39 is 11.7 Å². The quantitative estimate of drug-likeness (QED) is 0.900. The molecule has 2 rings (SSSR count). The molecule has 1 aromatic carbocycles. The van der Waals surface area contributed by atoms with Crippen LogP contribution in [0.3, 0.4) is 0 Å². The molecule has 1 heterocycles. The average molecular weight is 266 g/mol. The molecular weight excluding hydrogens is 253 g/mol. The van der Waals surface area contributed by atoms with Crippen molar-refractivity contribution in [2.45, 2.75) is 13.1 Å². The van der Waals surface area contributed by atoms with Gasteiger partial charge in [-0.2, -0.15) is 13.2 Å². The maximum absolute atomic E-state index is 12.9. The molecule has 0 aliphatic carbocycles. The van der Waals surface area contributed by atoms with Gasteiger partial charge in [-0.05, 0) is 25.1 Å². The van der Waals surface area contributed by atoms with Crippen molar-refractivity contribution in [1.29, 1.82) is 0 Å². The number of benzene rings is 1. The molecule has 0 bridgehead atoms. The van der Waals surface area contributed by atoms with Crippen molar-refractivity contribution in [3.63, 3.8) is 0 Å². The van der Waals surface area contributed by atoms with E-state index in [-0.39, 0.29) is 5.56 Å². The second-order valence-corrected chi connectivity index (χ2v) is 4.00. The summed E-state index contributed by atoms with van der Waals surface area (Å²) >= 11 is 0. The monoisotopic (exact) mass is 266 g/mol. The van der Waals surface area contributed by atoms with E-state index in [2.05, 4.69) is 10.3 Å². The Kier molecular flexibility index (Phi) is 3.74. The molecule has 2 nitrogen and oxygen atoms in total. The molecular formula is C14H13F3N2. The number of alkyl halides is 3. The molecule has 100 valence electrons. The zero-order chi connectivity index (χ0) is 13.9. The van der Waals surface area contributed by atoms with Gasteiger partial charge >= 0.3 is 6.18 Å². The second-order valence-electron chi connectivity index (χ2n) is 4.00. The fraction of sp³-hybridized carbons (Fsp3) is 0.214. The van der Waals surface area contributed by atoms with Crippen molar-refractivity contribution in [2.75, 3.05) is 11.9 Å². The lowest BCUT2D eigenvalue weighted by molar-refractivity contribution is -0.137. The first-order valence-electron chi connectivity index (χ1n) is 5.89. The summed E-state index contributed by atoms with van der Waals surface area (Å²) < 4.78 is 38.8. The molecule has 0 radical (unpaired) electrons. The number of pyridine rings is 1. The highest BCUT2D eigenvalue weighted by atomic mass is 19.4. The Labute approximate surface area is 109 Å². The number of anilines is 1. The first-order valence-corrected chi connectivity index (χ1v) is 5.89. The Morgan fingerprint density at radius 3 is 2.58 bits per heavy atom. The minimum absolute atomic E-state index is 0.0924. The van der Waals surface area contributed by atoms with Gasteiger partial charge in [0.2, 0.25) is 0 Å². The van der Waals surface area contributed by atoms with Crippen LogP contribution < -0.4 is 5.32 Å². The van der Waals surface area contributed by atoms with Crippen LogP contribution in [0.2, 0.25) is 0 Å². The molecule has 0 unspecified atom stereocenters. The van der Waals surface area contributed by atoms with Gasteiger partial charge in [0.15, 0.2) is 0 Å². The van der Waals surface area contributed by atoms with E-state index >= 15 is 0 Å². The van der Waals surface area contributed by atoms with Gasteiger partial charge in [-0.25, -0.2) is 0 Å². The number of rotatable bonds is 3. The van der Waals surface area contributed by atoms with E-state index in [0.717, 1.165) is 11.8 Å². The van der Waals surface area contributed by atoms with Crippen LogP contribution >= 0.6 is 0 Å². The third-order valence-corrected chi connectivity index (χ3v) is 2.65. The second kappa shape index (κ2) is 5.30. The van der Waals surface area contributed by atoms with Crippen LogP contribution in [0.4, 0.5) is 18.9 Å². The van der Waals surface area contributed by atoms with Crippen LogP contribution in [0.1, 0.15) is 12.5 Å². The summed E-state index contributed by atoms with van der Waals surface area (Å²) in [5, 5.41) is 3.05. The zero-order valence-electron chi connectivity index (χ0n) is 10.3. The van der Waals surface area contributed by atoms with Crippen molar-refractivity contribution >= 4 is 5.69 Å². The highest BCUT2D eigenvalue weighted by Crippen LogP contribution is 2.36. The van der Waals surface area contributed by atoms with E-state index in [0.29, 0.717) is 12.2 Å². The third-order valence-electron chi connectivity index (χ3n) is 2.65. The molecule has 0 amide bonds. The highest BCUT2D eigenvalue weighted by molar-refractivity contribution is 5.67. The van der Waals surface area contributed by atoms with Crippen molar-refractivity contribution in [3.05, 3.63) is 48.2 Å². The largest absolute Gasteiger partial charge is 0.417 e. The SMILES string of the molecule is CCNc1ccnc(-c2ccccc2C(F)(F)F)c1. The molecule has 1 aromatic heterocycles. The maximum atomic E-state index is 12.9. The lowest BCUT2D eigenvalue weighted by Crippen LogP contribution is -2.07. The van der Waals surface area contributed by atoms with Gasteiger partial charge in [0.05, 0.1) is 11.3 Å². The fourth-order valence-corrected chi connectivity index (χ4v) is 1.85. The molecule has 0 aliphatic heterocycles. The van der Waals surface area contributed by atoms with E-state index in [4.69, 9.17) is 0 Å². The van der Waals surface area contributed by atoms with Gasteiger partial charge in [0.1, 0.15) is 0 Å². The summed E-state index contributed by atoms with van der Waals surface area (Å²) in [5.74, 6) is 0. The number of aromatic nitrogens is 1. The highest BCUT2D eigenvalue weighted by Gasteiger charge is 2.33. The summed E-state index contributed by atoms with van der Waals surface area (Å²) in [7, 11) is 0. The topological polar surface area (TPSA) is 24.9 Å². The van der Waals surface area contributed by atoms with Crippen molar-refractivity contribution < 1.29 is 13.2 Å². The van der Waals surface area contributed by atoms with Crippen molar-refractivity contribution in [2.24, 2.45) is 0 Å². The number of nitrogens with zero attached hydrogens (tertiary/aromatic N) is 1. The van der Waals surface area contributed by atoms with E-state index in [1.165, 1.54) is 18.3 Å². The Hall–Kier alpha value is -2.04. The van der Waals surface area contributed by atoms with Crippen LogP contribution in [0.25, 0.3) is 11.3 Å². The van der Waals surface area contributed by atoms with Crippen LogP contribution in [0.15, 0.2) is 42.6 Å². The third kappa shape index (κ3) is 3.05.